The summed E-state index contributed by atoms with van der Waals surface area (Å²) in [4.78, 5) is 2.01. The van der Waals surface area contributed by atoms with Crippen LogP contribution in [-0.2, 0) is 0 Å². The van der Waals surface area contributed by atoms with E-state index in [1.807, 2.05) is 4.90 Å². The lowest BCUT2D eigenvalue weighted by molar-refractivity contribution is 0.181. The average molecular weight is 281 g/mol. The van der Waals surface area contributed by atoms with Crippen LogP contribution in [0.3, 0.4) is 0 Å². The Morgan fingerprint density at radius 2 is 1.78 bits per heavy atom. The number of benzene rings is 1. The molecule has 1 fully saturated rings. The smallest absolute Gasteiger partial charge is 0.163 e. The number of nitrogens with one attached hydrogen (secondary N) is 1. The molecule has 2 nitrogen and oxygen atoms in total. The van der Waals surface area contributed by atoms with Crippen LogP contribution in [0, 0.1) is 17.5 Å². The average Bonchev–Trinajstić information content (AvgIpc) is 2.34. The molecule has 0 bridgehead atoms. The van der Waals surface area contributed by atoms with Gasteiger partial charge < -0.3 is 5.32 Å². The van der Waals surface area contributed by atoms with E-state index in [2.05, 4.69) is 5.32 Å². The van der Waals surface area contributed by atoms with Crippen molar-refractivity contribution in [2.45, 2.75) is 13.0 Å². The molecule has 18 heavy (non-hydrogen) atoms. The lowest BCUT2D eigenvalue weighted by atomic mass is 10.0. The van der Waals surface area contributed by atoms with Crippen LogP contribution in [0.15, 0.2) is 12.1 Å². The van der Waals surface area contributed by atoms with E-state index in [0.717, 1.165) is 32.2 Å². The first-order valence-electron chi connectivity index (χ1n) is 5.69. The van der Waals surface area contributed by atoms with Crippen molar-refractivity contribution in [1.29, 1.82) is 0 Å². The van der Waals surface area contributed by atoms with Gasteiger partial charge in [0.2, 0.25) is 0 Å². The first kappa shape index (κ1) is 15.3. The third-order valence-corrected chi connectivity index (χ3v) is 3.17. The molecule has 1 aliphatic rings. The fourth-order valence-corrected chi connectivity index (χ4v) is 2.15. The molecule has 1 aliphatic heterocycles. The van der Waals surface area contributed by atoms with Gasteiger partial charge in [0.15, 0.2) is 11.6 Å². The van der Waals surface area contributed by atoms with Crippen molar-refractivity contribution in [2.75, 3.05) is 26.2 Å². The van der Waals surface area contributed by atoms with E-state index in [4.69, 9.17) is 0 Å². The number of hydrogen-bond donors (Lipinski definition) is 1. The third-order valence-electron chi connectivity index (χ3n) is 3.17. The van der Waals surface area contributed by atoms with Crippen molar-refractivity contribution >= 4 is 12.4 Å². The molecule has 1 saturated heterocycles. The van der Waals surface area contributed by atoms with Crippen molar-refractivity contribution in [3.63, 3.8) is 0 Å². The van der Waals surface area contributed by atoms with Gasteiger partial charge in [-0.05, 0) is 13.0 Å². The van der Waals surface area contributed by atoms with Gasteiger partial charge in [0, 0.05) is 43.9 Å². The summed E-state index contributed by atoms with van der Waals surface area (Å²) in [6.07, 6.45) is 0. The largest absolute Gasteiger partial charge is 0.314 e. The molecule has 0 aromatic heterocycles. The molecule has 0 aliphatic carbocycles. The molecule has 1 aromatic carbocycles. The van der Waals surface area contributed by atoms with Crippen LogP contribution in [-0.4, -0.2) is 31.1 Å². The molecule has 1 aromatic rings. The summed E-state index contributed by atoms with van der Waals surface area (Å²) in [6.45, 7) is 4.88. The monoisotopic (exact) mass is 280 g/mol. The Labute approximate surface area is 111 Å². The van der Waals surface area contributed by atoms with E-state index in [-0.39, 0.29) is 24.0 Å². The van der Waals surface area contributed by atoms with Crippen LogP contribution in [0.1, 0.15) is 18.5 Å². The van der Waals surface area contributed by atoms with Crippen LogP contribution in [0.2, 0.25) is 0 Å². The van der Waals surface area contributed by atoms with E-state index in [1.54, 1.807) is 6.92 Å². The third kappa shape index (κ3) is 3.16. The first-order valence-corrected chi connectivity index (χ1v) is 5.69. The summed E-state index contributed by atoms with van der Waals surface area (Å²) in [5.41, 5.74) is 0.0874. The van der Waals surface area contributed by atoms with E-state index < -0.39 is 17.5 Å². The molecule has 0 spiro atoms. The predicted molar refractivity (Wildman–Crippen MR) is 66.4 cm³/mol. The molecule has 1 N–H and O–H groups in total. The number of hydrogen-bond acceptors (Lipinski definition) is 2. The molecule has 0 amide bonds. The van der Waals surface area contributed by atoms with Gasteiger partial charge in [-0.2, -0.15) is 0 Å². The van der Waals surface area contributed by atoms with Crippen LogP contribution < -0.4 is 5.32 Å². The molecule has 102 valence electrons. The summed E-state index contributed by atoms with van der Waals surface area (Å²) in [6, 6.07) is 1.33. The second-order valence-electron chi connectivity index (χ2n) is 4.25. The van der Waals surface area contributed by atoms with Gasteiger partial charge >= 0.3 is 0 Å². The van der Waals surface area contributed by atoms with Gasteiger partial charge in [0.1, 0.15) is 5.82 Å². The SMILES string of the molecule is C[C@H](c1cc(F)cc(F)c1F)N1CCNCC1.Cl. The summed E-state index contributed by atoms with van der Waals surface area (Å²) in [7, 11) is 0. The second kappa shape index (κ2) is 6.41. The molecule has 0 radical (unpaired) electrons. The Balaban J connectivity index is 0.00000162. The molecule has 0 saturated carbocycles. The maximum atomic E-state index is 13.6. The second-order valence-corrected chi connectivity index (χ2v) is 4.25. The first-order chi connectivity index (χ1) is 8.09. The number of nitrogens with zero attached hydrogens (tertiary/aromatic N) is 1. The van der Waals surface area contributed by atoms with Crippen LogP contribution in [0.25, 0.3) is 0 Å². The zero-order valence-electron chi connectivity index (χ0n) is 10.0. The van der Waals surface area contributed by atoms with Crippen molar-refractivity contribution in [3.05, 3.63) is 35.1 Å². The van der Waals surface area contributed by atoms with Crippen molar-refractivity contribution in [3.8, 4) is 0 Å². The van der Waals surface area contributed by atoms with E-state index in [0.29, 0.717) is 6.07 Å². The molecular formula is C12H16ClF3N2. The summed E-state index contributed by atoms with van der Waals surface area (Å²) >= 11 is 0. The standard InChI is InChI=1S/C12H15F3N2.ClH/c1-8(17-4-2-16-3-5-17)10-6-9(13)7-11(14)12(10)15;/h6-8,16H,2-5H2,1H3;1H/t8-;/m1./s1. The maximum absolute atomic E-state index is 13.6. The fourth-order valence-electron chi connectivity index (χ4n) is 2.15. The minimum atomic E-state index is -1.12. The molecule has 1 atom stereocenters. The van der Waals surface area contributed by atoms with Crippen molar-refractivity contribution in [1.82, 2.24) is 10.2 Å². The zero-order valence-corrected chi connectivity index (χ0v) is 10.9. The summed E-state index contributed by atoms with van der Waals surface area (Å²) < 4.78 is 39.8. The predicted octanol–water partition coefficient (Wildman–Crippen LogP) is 2.49. The Hall–Kier alpha value is -0.780. The van der Waals surface area contributed by atoms with E-state index in [1.165, 1.54) is 0 Å². The van der Waals surface area contributed by atoms with Crippen molar-refractivity contribution in [2.24, 2.45) is 0 Å². The van der Waals surface area contributed by atoms with Gasteiger partial charge in [-0.3, -0.25) is 4.90 Å². The Morgan fingerprint density at radius 1 is 1.17 bits per heavy atom. The number of halogens is 4. The van der Waals surface area contributed by atoms with Crippen LogP contribution >= 0.6 is 12.4 Å². The molecular weight excluding hydrogens is 265 g/mol. The van der Waals surface area contributed by atoms with Crippen LogP contribution in [0.5, 0.6) is 0 Å². The van der Waals surface area contributed by atoms with Gasteiger partial charge in [-0.1, -0.05) is 0 Å². The number of piperazine rings is 1. The van der Waals surface area contributed by atoms with E-state index >= 15 is 0 Å². The Kier molecular flexibility index (Phi) is 5.44. The minimum absolute atomic E-state index is 0. The Morgan fingerprint density at radius 3 is 2.39 bits per heavy atom. The fraction of sp³-hybridized carbons (Fsp3) is 0.500. The molecule has 1 heterocycles. The van der Waals surface area contributed by atoms with Crippen LogP contribution in [0.4, 0.5) is 13.2 Å². The van der Waals surface area contributed by atoms with Gasteiger partial charge in [-0.25, -0.2) is 13.2 Å². The van der Waals surface area contributed by atoms with Gasteiger partial charge in [-0.15, -0.1) is 12.4 Å². The molecule has 0 unspecified atom stereocenters. The minimum Gasteiger partial charge on any atom is -0.314 e. The maximum Gasteiger partial charge on any atom is 0.163 e. The highest BCUT2D eigenvalue weighted by atomic mass is 35.5. The van der Waals surface area contributed by atoms with E-state index in [9.17, 15) is 13.2 Å². The highest BCUT2D eigenvalue weighted by Crippen LogP contribution is 2.25. The molecule has 2 rings (SSSR count). The van der Waals surface area contributed by atoms with Crippen molar-refractivity contribution < 1.29 is 13.2 Å². The molecule has 6 heteroatoms. The van der Waals surface area contributed by atoms with Gasteiger partial charge in [0.25, 0.3) is 0 Å². The normalized spacial score (nSPS) is 18.2. The van der Waals surface area contributed by atoms with Gasteiger partial charge in [0.05, 0.1) is 0 Å². The lowest BCUT2D eigenvalue weighted by Gasteiger charge is -2.33. The lowest BCUT2D eigenvalue weighted by Crippen LogP contribution is -2.44. The Bertz CT molecular complexity index is 409. The highest BCUT2D eigenvalue weighted by molar-refractivity contribution is 5.85. The number of rotatable bonds is 2. The highest BCUT2D eigenvalue weighted by Gasteiger charge is 2.23. The summed E-state index contributed by atoms with van der Waals surface area (Å²) in [5.74, 6) is -2.81. The quantitative estimate of drug-likeness (QED) is 0.838. The topological polar surface area (TPSA) is 15.3 Å². The zero-order chi connectivity index (χ0) is 12.4. The summed E-state index contributed by atoms with van der Waals surface area (Å²) in [5, 5.41) is 3.17.